The normalized spacial score (nSPS) is 12.5. The van der Waals surface area contributed by atoms with Crippen molar-refractivity contribution in [1.29, 1.82) is 0 Å². The number of benzene rings is 3. The van der Waals surface area contributed by atoms with Gasteiger partial charge in [-0.25, -0.2) is 4.79 Å². The maximum atomic E-state index is 11.9. The van der Waals surface area contributed by atoms with Crippen LogP contribution < -0.4 is 5.73 Å². The van der Waals surface area contributed by atoms with Gasteiger partial charge in [-0.1, -0.05) is 12.1 Å². The number of fused-ring (bicyclic) bond motifs is 1. The summed E-state index contributed by atoms with van der Waals surface area (Å²) in [6.45, 7) is 0. The van der Waals surface area contributed by atoms with Crippen LogP contribution in [0.25, 0.3) is 10.8 Å². The standard InChI is InChI=1S/C17H13N3O9S2/c18-11-7-9(30(24,25)26)5-8-6-13(31(27,28)29)15(16(21)14(8)11)20-19-12-4-2-1-3-10(12)17(22)23/h1-7,21H,18H2,(H,22,23)(H,24,25,26)(H,27,28,29). The van der Waals surface area contributed by atoms with E-state index >= 15 is 0 Å². The molecule has 6 N–H and O–H groups in total. The van der Waals surface area contributed by atoms with E-state index in [4.69, 9.17) is 5.73 Å². The number of carboxylic acids is 1. The van der Waals surface area contributed by atoms with Crippen LogP contribution in [0.2, 0.25) is 0 Å². The zero-order valence-electron chi connectivity index (χ0n) is 15.2. The molecule has 0 bridgehead atoms. The minimum Gasteiger partial charge on any atom is -0.505 e. The van der Waals surface area contributed by atoms with Crippen molar-refractivity contribution in [3.63, 3.8) is 0 Å². The number of hydrogen-bond donors (Lipinski definition) is 5. The van der Waals surface area contributed by atoms with Crippen molar-refractivity contribution in [1.82, 2.24) is 0 Å². The van der Waals surface area contributed by atoms with Gasteiger partial charge in [0.05, 0.1) is 10.5 Å². The topological polar surface area (TPSA) is 217 Å². The Kier molecular flexibility index (Phi) is 5.41. The minimum atomic E-state index is -5.02. The number of carboxylic acid groups (broad SMARTS) is 1. The quantitative estimate of drug-likeness (QED) is 0.210. The number of azo groups is 1. The fourth-order valence-corrected chi connectivity index (χ4v) is 3.99. The van der Waals surface area contributed by atoms with Crippen molar-refractivity contribution in [3.8, 4) is 5.75 Å². The van der Waals surface area contributed by atoms with Gasteiger partial charge in [-0.3, -0.25) is 9.11 Å². The number of hydrogen-bond acceptors (Lipinski definition) is 9. The Hall–Kier alpha value is -3.59. The molecule has 0 amide bonds. The maximum absolute atomic E-state index is 11.9. The van der Waals surface area contributed by atoms with E-state index in [9.17, 15) is 40.9 Å². The fourth-order valence-electron chi connectivity index (χ4n) is 2.78. The van der Waals surface area contributed by atoms with Crippen LogP contribution >= 0.6 is 0 Å². The third kappa shape index (κ3) is 4.31. The van der Waals surface area contributed by atoms with Gasteiger partial charge in [-0.2, -0.15) is 16.8 Å². The average molecular weight is 467 g/mol. The first kappa shape index (κ1) is 22.1. The van der Waals surface area contributed by atoms with Crippen LogP contribution in [-0.4, -0.2) is 42.1 Å². The molecule has 0 spiro atoms. The van der Waals surface area contributed by atoms with Gasteiger partial charge in [0.2, 0.25) is 0 Å². The summed E-state index contributed by atoms with van der Waals surface area (Å²) in [6.07, 6.45) is 0. The second-order valence-corrected chi connectivity index (χ2v) is 8.97. The van der Waals surface area contributed by atoms with Crippen LogP contribution in [0.1, 0.15) is 10.4 Å². The lowest BCUT2D eigenvalue weighted by atomic mass is 10.1. The highest BCUT2D eigenvalue weighted by molar-refractivity contribution is 7.86. The van der Waals surface area contributed by atoms with E-state index in [2.05, 4.69) is 10.2 Å². The molecule has 0 unspecified atom stereocenters. The Balaban J connectivity index is 2.35. The molecule has 162 valence electrons. The van der Waals surface area contributed by atoms with Gasteiger partial charge in [-0.05, 0) is 35.7 Å². The van der Waals surface area contributed by atoms with E-state index < -0.39 is 47.4 Å². The molecule has 3 aromatic carbocycles. The van der Waals surface area contributed by atoms with Gasteiger partial charge in [-0.15, -0.1) is 10.2 Å². The van der Waals surface area contributed by atoms with E-state index in [1.165, 1.54) is 24.3 Å². The number of anilines is 1. The molecule has 0 aliphatic heterocycles. The molecule has 12 nitrogen and oxygen atoms in total. The molecule has 0 atom stereocenters. The third-order valence-corrected chi connectivity index (χ3v) is 5.82. The number of nitrogen functional groups attached to an aromatic ring is 1. The second-order valence-electron chi connectivity index (χ2n) is 6.15. The van der Waals surface area contributed by atoms with Crippen LogP contribution in [0.4, 0.5) is 17.1 Å². The van der Waals surface area contributed by atoms with E-state index in [1.54, 1.807) is 0 Å². The summed E-state index contributed by atoms with van der Waals surface area (Å²) in [5.41, 5.74) is 4.20. The Morgan fingerprint density at radius 1 is 0.935 bits per heavy atom. The molecular formula is C17H13N3O9S2. The van der Waals surface area contributed by atoms with Crippen LogP contribution in [0.5, 0.6) is 5.75 Å². The van der Waals surface area contributed by atoms with Gasteiger partial charge >= 0.3 is 5.97 Å². The number of aromatic carboxylic acids is 1. The number of nitrogens with two attached hydrogens (primary N) is 1. The molecule has 0 saturated carbocycles. The Morgan fingerprint density at radius 3 is 2.16 bits per heavy atom. The highest BCUT2D eigenvalue weighted by Gasteiger charge is 2.25. The molecule has 0 heterocycles. The zero-order valence-corrected chi connectivity index (χ0v) is 16.8. The van der Waals surface area contributed by atoms with Crippen molar-refractivity contribution in [3.05, 3.63) is 48.0 Å². The summed E-state index contributed by atoms with van der Waals surface area (Å²) >= 11 is 0. The molecule has 0 radical (unpaired) electrons. The first-order valence-corrected chi connectivity index (χ1v) is 11.0. The lowest BCUT2D eigenvalue weighted by Crippen LogP contribution is -2.02. The van der Waals surface area contributed by atoms with Crippen LogP contribution in [0.3, 0.4) is 0 Å². The summed E-state index contributed by atoms with van der Waals surface area (Å²) < 4.78 is 65.3. The number of phenolic OH excluding ortho intramolecular Hbond substituents is 1. The summed E-state index contributed by atoms with van der Waals surface area (Å²) in [7, 11) is -9.74. The fraction of sp³-hybridized carbons (Fsp3) is 0. The summed E-state index contributed by atoms with van der Waals surface area (Å²) in [5, 5.41) is 26.6. The number of rotatable bonds is 5. The Bertz CT molecular complexity index is 1480. The molecule has 0 fully saturated rings. The molecular weight excluding hydrogens is 454 g/mol. The number of nitrogens with zero attached hydrogens (tertiary/aromatic N) is 2. The first-order chi connectivity index (χ1) is 14.3. The van der Waals surface area contributed by atoms with Gasteiger partial charge in [0.25, 0.3) is 20.2 Å². The maximum Gasteiger partial charge on any atom is 0.337 e. The Morgan fingerprint density at radius 2 is 1.58 bits per heavy atom. The molecule has 3 aromatic rings. The molecule has 0 saturated heterocycles. The number of aromatic hydroxyl groups is 1. The lowest BCUT2D eigenvalue weighted by molar-refractivity contribution is 0.0697. The van der Waals surface area contributed by atoms with Crippen LogP contribution in [-0.2, 0) is 20.2 Å². The molecule has 31 heavy (non-hydrogen) atoms. The highest BCUT2D eigenvalue weighted by atomic mass is 32.2. The van der Waals surface area contributed by atoms with Crippen LogP contribution in [0, 0.1) is 0 Å². The molecule has 0 aliphatic carbocycles. The van der Waals surface area contributed by atoms with Gasteiger partial charge in [0.1, 0.15) is 16.3 Å². The van der Waals surface area contributed by atoms with Crippen molar-refractivity contribution in [2.24, 2.45) is 10.2 Å². The molecule has 0 aromatic heterocycles. The highest BCUT2D eigenvalue weighted by Crippen LogP contribution is 2.44. The SMILES string of the molecule is Nc1cc(S(=O)(=O)O)cc2cc(S(=O)(=O)O)c(N=Nc3ccccc3C(=O)O)c(O)c12. The minimum absolute atomic E-state index is 0.175. The predicted octanol–water partition coefficient (Wildman–Crippen LogP) is 2.73. The van der Waals surface area contributed by atoms with E-state index in [-0.39, 0.29) is 27.7 Å². The third-order valence-electron chi connectivity index (χ3n) is 4.12. The van der Waals surface area contributed by atoms with E-state index in [1.807, 2.05) is 0 Å². The van der Waals surface area contributed by atoms with Gasteiger partial charge in [0.15, 0.2) is 5.75 Å². The lowest BCUT2D eigenvalue weighted by Gasteiger charge is -2.12. The number of carbonyl (C=O) groups is 1. The average Bonchev–Trinajstić information content (AvgIpc) is 2.65. The van der Waals surface area contributed by atoms with Crippen molar-refractivity contribution >= 4 is 54.0 Å². The molecule has 14 heteroatoms. The van der Waals surface area contributed by atoms with Gasteiger partial charge in [0, 0.05) is 11.1 Å². The monoisotopic (exact) mass is 467 g/mol. The van der Waals surface area contributed by atoms with Crippen molar-refractivity contribution in [2.75, 3.05) is 5.73 Å². The Labute approximate surface area is 174 Å². The molecule has 0 aliphatic rings. The summed E-state index contributed by atoms with van der Waals surface area (Å²) in [5.74, 6) is -2.21. The van der Waals surface area contributed by atoms with E-state index in [0.29, 0.717) is 0 Å². The predicted molar refractivity (Wildman–Crippen MR) is 107 cm³/mol. The second kappa shape index (κ2) is 7.59. The number of phenols is 1. The summed E-state index contributed by atoms with van der Waals surface area (Å²) in [4.78, 5) is 9.65. The smallest absolute Gasteiger partial charge is 0.337 e. The van der Waals surface area contributed by atoms with Gasteiger partial charge < -0.3 is 15.9 Å². The first-order valence-electron chi connectivity index (χ1n) is 8.09. The molecule has 3 rings (SSSR count). The van der Waals surface area contributed by atoms with Crippen molar-refractivity contribution < 1.29 is 40.9 Å². The summed E-state index contributed by atoms with van der Waals surface area (Å²) in [6, 6.07) is 7.78. The van der Waals surface area contributed by atoms with Crippen molar-refractivity contribution in [2.45, 2.75) is 9.79 Å². The van der Waals surface area contributed by atoms with Crippen LogP contribution in [0.15, 0.2) is 62.5 Å². The van der Waals surface area contributed by atoms with E-state index in [0.717, 1.165) is 18.2 Å². The largest absolute Gasteiger partial charge is 0.505 e. The zero-order chi connectivity index (χ0) is 23.1.